The van der Waals surface area contributed by atoms with Crippen molar-refractivity contribution in [2.45, 2.75) is 18.9 Å². The lowest BCUT2D eigenvalue weighted by Gasteiger charge is -2.36. The van der Waals surface area contributed by atoms with Crippen LogP contribution < -0.4 is 19.3 Å². The minimum atomic E-state index is 0.380. The van der Waals surface area contributed by atoms with Crippen molar-refractivity contribution in [3.63, 3.8) is 0 Å². The summed E-state index contributed by atoms with van der Waals surface area (Å²) in [5.41, 5.74) is 0. The van der Waals surface area contributed by atoms with E-state index in [1.807, 2.05) is 7.05 Å². The Morgan fingerprint density at radius 3 is 2.16 bits per heavy atom. The Hall–Kier alpha value is -2.16. The second-order valence-corrected chi connectivity index (χ2v) is 6.70. The predicted octanol–water partition coefficient (Wildman–Crippen LogP) is 2.15. The van der Waals surface area contributed by atoms with Crippen LogP contribution >= 0.6 is 15.9 Å². The second-order valence-electron chi connectivity index (χ2n) is 5.78. The zero-order valence-corrected chi connectivity index (χ0v) is 16.1. The van der Waals surface area contributed by atoms with Gasteiger partial charge in [-0.2, -0.15) is 9.97 Å². The Morgan fingerprint density at radius 1 is 1.08 bits per heavy atom. The summed E-state index contributed by atoms with van der Waals surface area (Å²) >= 11 is 3.36. The van der Waals surface area contributed by atoms with Crippen LogP contribution in [-0.2, 0) is 0 Å². The van der Waals surface area contributed by atoms with Crippen LogP contribution in [0.5, 0.6) is 11.8 Å². The van der Waals surface area contributed by atoms with Crippen molar-refractivity contribution in [2.24, 2.45) is 0 Å². The van der Waals surface area contributed by atoms with Gasteiger partial charge in [-0.1, -0.05) is 0 Å². The Bertz CT molecular complexity index is 684. The number of halogens is 1. The first-order chi connectivity index (χ1) is 12.1. The number of anilines is 2. The fraction of sp³-hybridized carbons (Fsp3) is 0.500. The van der Waals surface area contributed by atoms with Gasteiger partial charge in [0, 0.05) is 38.6 Å². The molecule has 0 atom stereocenters. The topological polar surface area (TPSA) is 76.5 Å². The highest BCUT2D eigenvalue weighted by atomic mass is 79.9. The number of methoxy groups -OCH3 is 2. The molecule has 0 N–H and O–H groups in total. The zero-order chi connectivity index (χ0) is 17.8. The molecule has 25 heavy (non-hydrogen) atoms. The number of piperidine rings is 1. The molecule has 0 aromatic carbocycles. The minimum absolute atomic E-state index is 0.380. The molecule has 0 aliphatic carbocycles. The van der Waals surface area contributed by atoms with Gasteiger partial charge in [0.2, 0.25) is 23.7 Å². The molecule has 0 radical (unpaired) electrons. The van der Waals surface area contributed by atoms with Crippen molar-refractivity contribution in [1.82, 2.24) is 19.9 Å². The lowest BCUT2D eigenvalue weighted by molar-refractivity contribution is 0.370. The number of ether oxygens (including phenoxy) is 2. The minimum Gasteiger partial charge on any atom is -0.481 e. The summed E-state index contributed by atoms with van der Waals surface area (Å²) in [6, 6.07) is 2.06. The van der Waals surface area contributed by atoms with Crippen molar-refractivity contribution < 1.29 is 9.47 Å². The summed E-state index contributed by atoms with van der Waals surface area (Å²) in [6.45, 7) is 1.70. The second kappa shape index (κ2) is 7.81. The van der Waals surface area contributed by atoms with Crippen molar-refractivity contribution in [2.75, 3.05) is 44.2 Å². The van der Waals surface area contributed by atoms with E-state index in [0.29, 0.717) is 23.8 Å². The number of rotatable bonds is 5. The smallest absolute Gasteiger partial charge is 0.231 e. The van der Waals surface area contributed by atoms with E-state index in [9.17, 15) is 0 Å². The summed E-state index contributed by atoms with van der Waals surface area (Å²) in [5, 5.41) is 0. The van der Waals surface area contributed by atoms with E-state index in [4.69, 9.17) is 9.47 Å². The first-order valence-corrected chi connectivity index (χ1v) is 8.82. The third kappa shape index (κ3) is 4.09. The Kier molecular flexibility index (Phi) is 5.52. The van der Waals surface area contributed by atoms with E-state index >= 15 is 0 Å². The maximum absolute atomic E-state index is 5.23. The van der Waals surface area contributed by atoms with Gasteiger partial charge in [-0.15, -0.1) is 0 Å². The highest BCUT2D eigenvalue weighted by Crippen LogP contribution is 2.25. The van der Waals surface area contributed by atoms with Crippen molar-refractivity contribution in [3.8, 4) is 11.8 Å². The van der Waals surface area contributed by atoms with Crippen LogP contribution in [0.3, 0.4) is 0 Å². The average Bonchev–Trinajstić information content (AvgIpc) is 2.67. The summed E-state index contributed by atoms with van der Waals surface area (Å²) < 4.78 is 11.3. The summed E-state index contributed by atoms with van der Waals surface area (Å²) in [7, 11) is 5.21. The van der Waals surface area contributed by atoms with Gasteiger partial charge in [-0.05, 0) is 28.8 Å². The maximum Gasteiger partial charge on any atom is 0.231 e. The Morgan fingerprint density at radius 2 is 1.64 bits per heavy atom. The molecule has 3 heterocycles. The van der Waals surface area contributed by atoms with Gasteiger partial charge in [0.25, 0.3) is 0 Å². The number of hydrogen-bond donors (Lipinski definition) is 0. The molecule has 0 amide bonds. The lowest BCUT2D eigenvalue weighted by Crippen LogP contribution is -2.44. The summed E-state index contributed by atoms with van der Waals surface area (Å²) in [5.74, 6) is 2.38. The molecule has 9 heteroatoms. The van der Waals surface area contributed by atoms with Gasteiger partial charge in [0.05, 0.1) is 24.8 Å². The van der Waals surface area contributed by atoms with E-state index in [2.05, 4.69) is 45.7 Å². The van der Waals surface area contributed by atoms with Gasteiger partial charge >= 0.3 is 0 Å². The highest BCUT2D eigenvalue weighted by molar-refractivity contribution is 9.10. The van der Waals surface area contributed by atoms with Crippen LogP contribution in [-0.4, -0.2) is 60.3 Å². The molecular formula is C16H21BrN6O2. The molecule has 0 bridgehead atoms. The molecule has 1 saturated heterocycles. The molecule has 0 unspecified atom stereocenters. The standard InChI is InChI=1S/C16H21BrN6O2/c1-22(15-18-9-11(17)10-19-15)12-4-6-23(7-5-12)16-20-13(24-2)8-14(21-16)25-3/h8-10,12H,4-7H2,1-3H3. The van der Waals surface area contributed by atoms with Gasteiger partial charge in [0.15, 0.2) is 0 Å². The van der Waals surface area contributed by atoms with Gasteiger partial charge < -0.3 is 19.3 Å². The number of aromatic nitrogens is 4. The molecule has 3 rings (SSSR count). The van der Waals surface area contributed by atoms with E-state index in [1.165, 1.54) is 0 Å². The summed E-state index contributed by atoms with van der Waals surface area (Å²) in [6.07, 6.45) is 5.48. The molecule has 1 aliphatic heterocycles. The fourth-order valence-corrected chi connectivity index (χ4v) is 3.05. The Balaban J connectivity index is 1.66. The van der Waals surface area contributed by atoms with Crippen molar-refractivity contribution in [3.05, 3.63) is 22.9 Å². The molecule has 0 saturated carbocycles. The van der Waals surface area contributed by atoms with E-state index in [0.717, 1.165) is 36.4 Å². The third-order valence-corrected chi connectivity index (χ3v) is 4.71. The molecular weight excluding hydrogens is 388 g/mol. The van der Waals surface area contributed by atoms with E-state index in [1.54, 1.807) is 32.7 Å². The van der Waals surface area contributed by atoms with Gasteiger partial charge in [-0.25, -0.2) is 9.97 Å². The monoisotopic (exact) mass is 408 g/mol. The summed E-state index contributed by atoms with van der Waals surface area (Å²) in [4.78, 5) is 21.9. The maximum atomic E-state index is 5.23. The Labute approximate surface area is 155 Å². The molecule has 2 aromatic rings. The first kappa shape index (κ1) is 17.7. The molecule has 0 spiro atoms. The molecule has 1 fully saturated rings. The molecule has 2 aromatic heterocycles. The van der Waals surface area contributed by atoms with Gasteiger partial charge in [0.1, 0.15) is 0 Å². The first-order valence-electron chi connectivity index (χ1n) is 8.03. The quantitative estimate of drug-likeness (QED) is 0.744. The van der Waals surface area contributed by atoms with Crippen LogP contribution in [0.1, 0.15) is 12.8 Å². The van der Waals surface area contributed by atoms with Crippen LogP contribution in [0, 0.1) is 0 Å². The highest BCUT2D eigenvalue weighted by Gasteiger charge is 2.25. The average molecular weight is 409 g/mol. The van der Waals surface area contributed by atoms with Crippen LogP contribution in [0.25, 0.3) is 0 Å². The number of hydrogen-bond acceptors (Lipinski definition) is 8. The largest absolute Gasteiger partial charge is 0.481 e. The molecule has 134 valence electrons. The zero-order valence-electron chi connectivity index (χ0n) is 14.5. The van der Waals surface area contributed by atoms with Crippen molar-refractivity contribution >= 4 is 27.8 Å². The molecule has 1 aliphatic rings. The van der Waals surface area contributed by atoms with Gasteiger partial charge in [-0.3, -0.25) is 0 Å². The third-order valence-electron chi connectivity index (χ3n) is 4.30. The fourth-order valence-electron chi connectivity index (χ4n) is 2.85. The number of nitrogens with zero attached hydrogens (tertiary/aromatic N) is 6. The van der Waals surface area contributed by atoms with Crippen LogP contribution in [0.2, 0.25) is 0 Å². The normalized spacial score (nSPS) is 15.1. The van der Waals surface area contributed by atoms with E-state index < -0.39 is 0 Å². The SMILES string of the molecule is COc1cc(OC)nc(N2CCC(N(C)c3ncc(Br)cn3)CC2)n1. The van der Waals surface area contributed by atoms with Crippen LogP contribution in [0.15, 0.2) is 22.9 Å². The van der Waals surface area contributed by atoms with Crippen molar-refractivity contribution in [1.29, 1.82) is 0 Å². The lowest BCUT2D eigenvalue weighted by atomic mass is 10.0. The molecule has 8 nitrogen and oxygen atoms in total. The van der Waals surface area contributed by atoms with E-state index in [-0.39, 0.29) is 0 Å². The van der Waals surface area contributed by atoms with Crippen LogP contribution in [0.4, 0.5) is 11.9 Å². The predicted molar refractivity (Wildman–Crippen MR) is 98.5 cm³/mol.